The molecule has 1 rings (SSSR count). The topological polar surface area (TPSA) is 346 Å². The van der Waals surface area contributed by atoms with Crippen molar-refractivity contribution in [2.75, 3.05) is 85.0 Å². The molecule has 286 valence electrons. The number of ether oxygens (including phenoxy) is 1. The van der Waals surface area contributed by atoms with E-state index in [-0.39, 0.29) is 84.3 Å². The van der Waals surface area contributed by atoms with Gasteiger partial charge in [-0.3, -0.25) is 10.2 Å². The number of rotatable bonds is 17. The number of unbranched alkanes of at least 4 members (excludes halogenated alkanes) is 3. The third-order valence-corrected chi connectivity index (χ3v) is 3.86. The highest BCUT2D eigenvalue weighted by molar-refractivity contribution is 7.80. The summed E-state index contributed by atoms with van der Waals surface area (Å²) in [5.41, 5.74) is 2.44. The second-order valence-corrected chi connectivity index (χ2v) is 8.15. The van der Waals surface area contributed by atoms with Gasteiger partial charge in [-0.05, 0) is 36.3 Å². The largest absolute Gasteiger partial charge is 0.462 e. The van der Waals surface area contributed by atoms with E-state index in [9.17, 15) is 15.0 Å². The van der Waals surface area contributed by atoms with Crippen LogP contribution in [0.1, 0.15) is 38.2 Å². The molecule has 0 saturated carbocycles. The Balaban J connectivity index is -0.000000136. The third kappa shape index (κ3) is 67.2. The summed E-state index contributed by atoms with van der Waals surface area (Å²) >= 11 is 4.15. The Kier molecular flexibility index (Phi) is 68.8. The summed E-state index contributed by atoms with van der Waals surface area (Å²) in [6, 6.07) is 4.67. The lowest BCUT2D eigenvalue weighted by Crippen LogP contribution is -2.26. The molecule has 0 aliphatic heterocycles. The molecule has 0 fully saturated rings. The second kappa shape index (κ2) is 56.4. The van der Waals surface area contributed by atoms with Crippen LogP contribution < -0.4 is 20.9 Å². The lowest BCUT2D eigenvalue weighted by Gasteiger charge is -2.13. The molecule has 0 radical (unpaired) electrons. The maximum Gasteiger partial charge on any atom is 0.230 e. The maximum atomic E-state index is 9.58. The molecule has 1 atom stereocenters. The molecule has 0 heterocycles. The molecule has 20 heteroatoms. The van der Waals surface area contributed by atoms with Crippen molar-refractivity contribution < 1.29 is 85.7 Å². The number of benzene rings is 1. The van der Waals surface area contributed by atoms with Gasteiger partial charge in [-0.25, -0.2) is 5.84 Å². The van der Waals surface area contributed by atoms with Crippen molar-refractivity contribution in [3.63, 3.8) is 0 Å². The van der Waals surface area contributed by atoms with Crippen molar-refractivity contribution >= 4 is 18.5 Å². The van der Waals surface area contributed by atoms with Gasteiger partial charge in [0.2, 0.25) is 12.2 Å². The molecule has 0 spiro atoms. The van der Waals surface area contributed by atoms with Crippen molar-refractivity contribution in [2.24, 2.45) is 5.84 Å². The monoisotopic (exact) mass is 716 g/mol. The van der Waals surface area contributed by atoms with Gasteiger partial charge >= 0.3 is 0 Å². The number of carbonyl (C=O) groups is 1. The van der Waals surface area contributed by atoms with E-state index in [0.717, 1.165) is 31.4 Å². The average Bonchev–Trinajstić information content (AvgIpc) is 3.11. The molecule has 0 aliphatic carbocycles. The molecular formula is C27H60N2O17S. The minimum atomic E-state index is -1.32. The zero-order valence-electron chi connectivity index (χ0n) is 27.0. The standard InChI is InChI=1S/C15H24O6S.C2H6N2O.5C2H6O2/c16-10-12-7-13(20-15(18)11-17)9-14(8-12)21-19-5-3-1-2-4-6-22;1-2(5)4-3;5*3-1-2-4/h7-9,15-18,22H,1-6,10-11H2;3H2,1H3,(H,4,5);5*3-4H,1-2H2. The van der Waals surface area contributed by atoms with Crippen molar-refractivity contribution in [2.45, 2.75) is 45.5 Å². The highest BCUT2D eigenvalue weighted by atomic mass is 32.1. The van der Waals surface area contributed by atoms with Gasteiger partial charge in [0, 0.05) is 13.0 Å². The van der Waals surface area contributed by atoms with Crippen LogP contribution in [0.15, 0.2) is 18.2 Å². The summed E-state index contributed by atoms with van der Waals surface area (Å²) in [6.45, 7) is -0.166. The molecule has 19 nitrogen and oxygen atoms in total. The van der Waals surface area contributed by atoms with E-state index in [1.54, 1.807) is 12.1 Å². The molecule has 16 N–H and O–H groups in total. The number of aliphatic hydroxyl groups is 13. The molecule has 0 aromatic heterocycles. The van der Waals surface area contributed by atoms with Crippen LogP contribution >= 0.6 is 12.6 Å². The predicted octanol–water partition coefficient (Wildman–Crippen LogP) is -4.48. The van der Waals surface area contributed by atoms with Crippen molar-refractivity contribution in [1.29, 1.82) is 0 Å². The highest BCUT2D eigenvalue weighted by Crippen LogP contribution is 2.24. The van der Waals surface area contributed by atoms with Gasteiger partial charge < -0.3 is 76.0 Å². The van der Waals surface area contributed by atoms with Crippen LogP contribution in [-0.4, -0.2) is 164 Å². The number of nitrogens with one attached hydrogen (secondary N) is 1. The Morgan fingerprint density at radius 1 is 0.702 bits per heavy atom. The van der Waals surface area contributed by atoms with Crippen LogP contribution in [0.4, 0.5) is 0 Å². The van der Waals surface area contributed by atoms with E-state index in [4.69, 9.17) is 70.7 Å². The predicted molar refractivity (Wildman–Crippen MR) is 174 cm³/mol. The average molecular weight is 717 g/mol. The molecule has 0 aliphatic rings. The van der Waals surface area contributed by atoms with Crippen LogP contribution in [0.25, 0.3) is 0 Å². The second-order valence-electron chi connectivity index (χ2n) is 7.71. The number of carbonyl (C=O) groups excluding carboxylic acids is 1. The quantitative estimate of drug-likeness (QED) is 0.0137. The fraction of sp³-hybridized carbons (Fsp3) is 0.741. The Morgan fingerprint density at radius 3 is 1.40 bits per heavy atom. The third-order valence-electron chi connectivity index (χ3n) is 3.54. The fourth-order valence-electron chi connectivity index (χ4n) is 1.77. The van der Waals surface area contributed by atoms with Crippen LogP contribution in [-0.2, 0) is 16.3 Å². The Hall–Kier alpha value is -1.96. The van der Waals surface area contributed by atoms with E-state index in [1.807, 2.05) is 5.43 Å². The normalized spacial score (nSPS) is 9.62. The fourth-order valence-corrected chi connectivity index (χ4v) is 1.99. The Labute approximate surface area is 281 Å². The van der Waals surface area contributed by atoms with Crippen molar-refractivity contribution in [3.05, 3.63) is 23.8 Å². The first-order valence-electron chi connectivity index (χ1n) is 14.2. The highest BCUT2D eigenvalue weighted by Gasteiger charge is 2.08. The van der Waals surface area contributed by atoms with Gasteiger partial charge in [-0.2, -0.15) is 17.5 Å². The van der Waals surface area contributed by atoms with Crippen LogP contribution in [0.2, 0.25) is 0 Å². The summed E-state index contributed by atoms with van der Waals surface area (Å²) in [7, 11) is 0. The van der Waals surface area contributed by atoms with Gasteiger partial charge in [0.25, 0.3) is 0 Å². The number of nitrogens with two attached hydrogens (primary N) is 1. The van der Waals surface area contributed by atoms with Gasteiger partial charge in [0.1, 0.15) is 12.4 Å². The molecule has 1 unspecified atom stereocenters. The zero-order valence-corrected chi connectivity index (χ0v) is 27.9. The maximum absolute atomic E-state index is 9.58. The molecule has 0 bridgehead atoms. The van der Waals surface area contributed by atoms with Crippen LogP contribution in [0.3, 0.4) is 0 Å². The number of hydrogen-bond acceptors (Lipinski definition) is 19. The molecule has 1 aromatic rings. The van der Waals surface area contributed by atoms with Crippen molar-refractivity contribution in [1.82, 2.24) is 5.43 Å². The van der Waals surface area contributed by atoms with E-state index in [0.29, 0.717) is 17.9 Å². The van der Waals surface area contributed by atoms with Gasteiger partial charge in [0.15, 0.2) is 5.75 Å². The number of thiol groups is 1. The van der Waals surface area contributed by atoms with Crippen LogP contribution in [0, 0.1) is 0 Å². The van der Waals surface area contributed by atoms with Gasteiger partial charge in [0.05, 0.1) is 79.3 Å². The van der Waals surface area contributed by atoms with Gasteiger partial charge in [-0.15, -0.1) is 0 Å². The first kappa shape index (κ1) is 57.3. The first-order chi connectivity index (χ1) is 22.5. The first-order valence-corrected chi connectivity index (χ1v) is 14.8. The number of amides is 1. The smallest absolute Gasteiger partial charge is 0.230 e. The minimum Gasteiger partial charge on any atom is -0.462 e. The lowest BCUT2D eigenvalue weighted by molar-refractivity contribution is -0.207. The SMILES string of the molecule is CC(=O)NN.OCCO.OCCO.OCCO.OCCO.OCCO.OCc1cc(OOCCCCCCS)cc(OC(O)CO)c1. The summed E-state index contributed by atoms with van der Waals surface area (Å²) in [5.74, 6) is 5.89. The summed E-state index contributed by atoms with van der Waals surface area (Å²) in [5, 5.41) is 103. The van der Waals surface area contributed by atoms with E-state index in [2.05, 4.69) is 18.5 Å². The lowest BCUT2D eigenvalue weighted by atomic mass is 10.2. The van der Waals surface area contributed by atoms with Crippen molar-refractivity contribution in [3.8, 4) is 11.5 Å². The number of hydrazine groups is 1. The molecule has 1 amide bonds. The van der Waals surface area contributed by atoms with Gasteiger partial charge in [-0.1, -0.05) is 12.8 Å². The van der Waals surface area contributed by atoms with E-state index < -0.39 is 12.9 Å². The Morgan fingerprint density at radius 2 is 1.09 bits per heavy atom. The molecular weight excluding hydrogens is 656 g/mol. The number of aliphatic hydroxyl groups excluding tert-OH is 13. The van der Waals surface area contributed by atoms with E-state index >= 15 is 0 Å². The number of hydrogen-bond donors (Lipinski definition) is 16. The van der Waals surface area contributed by atoms with E-state index in [1.165, 1.54) is 13.0 Å². The molecule has 1 aromatic carbocycles. The molecule has 47 heavy (non-hydrogen) atoms. The summed E-state index contributed by atoms with van der Waals surface area (Å²) in [4.78, 5) is 19.9. The minimum absolute atomic E-state index is 0.125. The summed E-state index contributed by atoms with van der Waals surface area (Å²) in [6.07, 6.45) is 2.83. The van der Waals surface area contributed by atoms with Crippen LogP contribution in [0.5, 0.6) is 11.5 Å². The zero-order chi connectivity index (χ0) is 37.6. The Bertz CT molecular complexity index is 653. The molecule has 0 saturated heterocycles. The summed E-state index contributed by atoms with van der Waals surface area (Å²) < 4.78 is 5.07.